The van der Waals surface area contributed by atoms with Gasteiger partial charge in [-0.3, -0.25) is 14.5 Å². The van der Waals surface area contributed by atoms with Crippen molar-refractivity contribution in [2.45, 2.75) is 13.8 Å². The number of hydrogen-bond acceptors (Lipinski definition) is 4. The maximum atomic E-state index is 11.9. The van der Waals surface area contributed by atoms with Crippen LogP contribution < -0.4 is 16.4 Å². The molecule has 0 heterocycles. The minimum absolute atomic E-state index is 0.0994. The number of anilines is 2. The molecule has 0 aliphatic heterocycles. The monoisotopic (exact) mass is 278 g/mol. The van der Waals surface area contributed by atoms with Crippen molar-refractivity contribution in [3.63, 3.8) is 0 Å². The molecule has 20 heavy (non-hydrogen) atoms. The second kappa shape index (κ2) is 7.49. The van der Waals surface area contributed by atoms with Crippen LogP contribution in [-0.4, -0.2) is 43.4 Å². The Morgan fingerprint density at radius 1 is 1.25 bits per heavy atom. The first-order valence-electron chi connectivity index (χ1n) is 6.53. The molecule has 1 rings (SSSR count). The van der Waals surface area contributed by atoms with Gasteiger partial charge in [0.05, 0.1) is 24.5 Å². The van der Waals surface area contributed by atoms with Crippen LogP contribution in [0.25, 0.3) is 0 Å². The van der Waals surface area contributed by atoms with Gasteiger partial charge in [0.25, 0.3) is 0 Å². The molecule has 0 atom stereocenters. The topological polar surface area (TPSA) is 87.5 Å². The molecule has 6 heteroatoms. The van der Waals surface area contributed by atoms with Gasteiger partial charge in [0.1, 0.15) is 0 Å². The van der Waals surface area contributed by atoms with Crippen molar-refractivity contribution >= 4 is 23.2 Å². The zero-order valence-corrected chi connectivity index (χ0v) is 12.2. The fourth-order valence-electron chi connectivity index (χ4n) is 1.78. The van der Waals surface area contributed by atoms with E-state index >= 15 is 0 Å². The Morgan fingerprint density at radius 2 is 1.90 bits per heavy atom. The van der Waals surface area contributed by atoms with Crippen molar-refractivity contribution < 1.29 is 9.59 Å². The molecule has 1 aromatic rings. The van der Waals surface area contributed by atoms with Crippen molar-refractivity contribution in [3.8, 4) is 0 Å². The van der Waals surface area contributed by atoms with E-state index in [4.69, 9.17) is 5.73 Å². The van der Waals surface area contributed by atoms with Crippen LogP contribution in [0.3, 0.4) is 0 Å². The van der Waals surface area contributed by atoms with E-state index in [1.807, 2.05) is 19.9 Å². The molecular weight excluding hydrogens is 256 g/mol. The van der Waals surface area contributed by atoms with E-state index in [9.17, 15) is 9.59 Å². The van der Waals surface area contributed by atoms with E-state index in [-0.39, 0.29) is 24.9 Å². The number of nitrogen functional groups attached to an aromatic ring is 1. The quantitative estimate of drug-likeness (QED) is 0.664. The summed E-state index contributed by atoms with van der Waals surface area (Å²) in [5.41, 5.74) is 7.99. The van der Waals surface area contributed by atoms with E-state index < -0.39 is 0 Å². The summed E-state index contributed by atoms with van der Waals surface area (Å²) in [5, 5.41) is 5.42. The molecular formula is C14H22N4O2. The van der Waals surface area contributed by atoms with Crippen molar-refractivity contribution in [3.05, 3.63) is 23.8 Å². The van der Waals surface area contributed by atoms with Gasteiger partial charge in [-0.1, -0.05) is 6.07 Å². The Morgan fingerprint density at radius 3 is 2.50 bits per heavy atom. The minimum atomic E-state index is -0.202. The molecule has 1 aromatic carbocycles. The summed E-state index contributed by atoms with van der Waals surface area (Å²) < 4.78 is 0. The number of rotatable bonds is 6. The Bertz CT molecular complexity index is 488. The minimum Gasteiger partial charge on any atom is -0.397 e. The molecule has 0 unspecified atom stereocenters. The number of benzene rings is 1. The van der Waals surface area contributed by atoms with Crippen LogP contribution in [0.4, 0.5) is 11.4 Å². The normalized spacial score (nSPS) is 10.4. The average molecular weight is 278 g/mol. The largest absolute Gasteiger partial charge is 0.397 e. The molecule has 0 aromatic heterocycles. The smallest absolute Gasteiger partial charge is 0.238 e. The molecule has 4 N–H and O–H groups in total. The maximum absolute atomic E-state index is 11.9. The highest BCUT2D eigenvalue weighted by Crippen LogP contribution is 2.19. The highest BCUT2D eigenvalue weighted by molar-refractivity contribution is 5.95. The fraction of sp³-hybridized carbons (Fsp3) is 0.429. The molecule has 0 saturated heterocycles. The summed E-state index contributed by atoms with van der Waals surface area (Å²) in [4.78, 5) is 24.9. The number of amides is 2. The molecule has 0 saturated carbocycles. The van der Waals surface area contributed by atoms with Gasteiger partial charge in [-0.25, -0.2) is 0 Å². The highest BCUT2D eigenvalue weighted by Gasteiger charge is 2.11. The highest BCUT2D eigenvalue weighted by atomic mass is 16.2. The Kier molecular flexibility index (Phi) is 5.99. The van der Waals surface area contributed by atoms with Crippen LogP contribution in [0.1, 0.15) is 12.5 Å². The van der Waals surface area contributed by atoms with Gasteiger partial charge in [0, 0.05) is 6.54 Å². The first-order valence-corrected chi connectivity index (χ1v) is 6.53. The van der Waals surface area contributed by atoms with Crippen molar-refractivity contribution in [1.29, 1.82) is 0 Å². The Hall–Kier alpha value is -2.08. The number of nitrogens with zero attached hydrogens (tertiary/aromatic N) is 1. The first kappa shape index (κ1) is 16.0. The van der Waals surface area contributed by atoms with Crippen LogP contribution in [0.2, 0.25) is 0 Å². The molecule has 0 radical (unpaired) electrons. The van der Waals surface area contributed by atoms with Gasteiger partial charge in [-0.15, -0.1) is 0 Å². The van der Waals surface area contributed by atoms with Crippen LogP contribution in [0, 0.1) is 6.92 Å². The summed E-state index contributed by atoms with van der Waals surface area (Å²) in [7, 11) is 1.72. The molecule has 2 amide bonds. The Labute approximate surface area is 119 Å². The summed E-state index contributed by atoms with van der Waals surface area (Å²) in [6.07, 6.45) is 0. The van der Waals surface area contributed by atoms with Crippen LogP contribution in [0.15, 0.2) is 18.2 Å². The molecule has 0 bridgehead atoms. The van der Waals surface area contributed by atoms with Crippen molar-refractivity contribution in [1.82, 2.24) is 10.2 Å². The third-order valence-corrected chi connectivity index (χ3v) is 2.68. The standard InChI is InChI=1S/C14H22N4O2/c1-4-16-13(19)8-18(3)9-14(20)17-12-6-5-10(2)7-11(12)15/h5-7H,4,8-9,15H2,1-3H3,(H,16,19)(H,17,20). The van der Waals surface area contributed by atoms with Gasteiger partial charge in [0.2, 0.25) is 11.8 Å². The molecule has 6 nitrogen and oxygen atoms in total. The first-order chi connectivity index (χ1) is 9.42. The second-order valence-corrected chi connectivity index (χ2v) is 4.76. The summed E-state index contributed by atoms with van der Waals surface area (Å²) >= 11 is 0. The van der Waals surface area contributed by atoms with Crippen molar-refractivity contribution in [2.75, 3.05) is 37.7 Å². The number of carbonyl (C=O) groups excluding carboxylic acids is 2. The fourth-order valence-corrected chi connectivity index (χ4v) is 1.78. The number of likely N-dealkylation sites (N-methyl/N-ethyl adjacent to an activating group) is 2. The molecule has 0 fully saturated rings. The Balaban J connectivity index is 2.49. The molecule has 110 valence electrons. The van der Waals surface area contributed by atoms with Gasteiger partial charge in [0.15, 0.2) is 0 Å². The number of carbonyl (C=O) groups is 2. The third kappa shape index (κ3) is 5.27. The molecule has 0 aliphatic rings. The van der Waals surface area contributed by atoms with Gasteiger partial charge >= 0.3 is 0 Å². The summed E-state index contributed by atoms with van der Waals surface area (Å²) in [6, 6.07) is 5.45. The number of hydrogen-bond donors (Lipinski definition) is 3. The van der Waals surface area contributed by atoms with E-state index in [1.54, 1.807) is 24.1 Å². The van der Waals surface area contributed by atoms with Gasteiger partial charge in [-0.05, 0) is 38.6 Å². The zero-order valence-electron chi connectivity index (χ0n) is 12.2. The predicted octanol–water partition coefficient (Wildman–Crippen LogP) is 0.584. The average Bonchev–Trinajstić information content (AvgIpc) is 2.32. The third-order valence-electron chi connectivity index (χ3n) is 2.68. The lowest BCUT2D eigenvalue weighted by Gasteiger charge is -2.16. The SMILES string of the molecule is CCNC(=O)CN(C)CC(=O)Nc1ccc(C)cc1N. The summed E-state index contributed by atoms with van der Waals surface area (Å²) in [6.45, 7) is 4.68. The van der Waals surface area contributed by atoms with E-state index in [0.29, 0.717) is 17.9 Å². The maximum Gasteiger partial charge on any atom is 0.238 e. The van der Waals surface area contributed by atoms with Crippen LogP contribution >= 0.6 is 0 Å². The van der Waals surface area contributed by atoms with E-state index in [1.165, 1.54) is 0 Å². The second-order valence-electron chi connectivity index (χ2n) is 4.76. The van der Waals surface area contributed by atoms with Gasteiger partial charge in [-0.2, -0.15) is 0 Å². The van der Waals surface area contributed by atoms with Crippen LogP contribution in [-0.2, 0) is 9.59 Å². The lowest BCUT2D eigenvalue weighted by molar-refractivity contribution is -0.122. The molecule has 0 aliphatic carbocycles. The number of aryl methyl sites for hydroxylation is 1. The van der Waals surface area contributed by atoms with Crippen molar-refractivity contribution in [2.24, 2.45) is 0 Å². The lowest BCUT2D eigenvalue weighted by atomic mass is 10.2. The zero-order chi connectivity index (χ0) is 15.1. The lowest BCUT2D eigenvalue weighted by Crippen LogP contribution is -2.38. The van der Waals surface area contributed by atoms with Gasteiger partial charge < -0.3 is 16.4 Å². The number of nitrogens with two attached hydrogens (primary N) is 1. The van der Waals surface area contributed by atoms with E-state index in [0.717, 1.165) is 5.56 Å². The van der Waals surface area contributed by atoms with E-state index in [2.05, 4.69) is 10.6 Å². The molecule has 0 spiro atoms. The summed E-state index contributed by atoms with van der Waals surface area (Å²) in [5.74, 6) is -0.301. The number of nitrogens with one attached hydrogen (secondary N) is 2. The predicted molar refractivity (Wildman–Crippen MR) is 80.4 cm³/mol. The van der Waals surface area contributed by atoms with Crippen LogP contribution in [0.5, 0.6) is 0 Å².